The summed E-state index contributed by atoms with van der Waals surface area (Å²) in [5, 5.41) is 10.8. The Morgan fingerprint density at radius 2 is 1.77 bits per heavy atom. The van der Waals surface area contributed by atoms with Crippen LogP contribution in [0.2, 0.25) is 0 Å². The summed E-state index contributed by atoms with van der Waals surface area (Å²) in [5.74, 6) is -2.29. The Kier molecular flexibility index (Phi) is 10.4. The third-order valence-corrected chi connectivity index (χ3v) is 12.3. The molecule has 5 aliphatic rings. The van der Waals surface area contributed by atoms with E-state index in [2.05, 4.69) is 31.0 Å². The average Bonchev–Trinajstić information content (AvgIpc) is 4.07. The molecule has 7 rings (SSSR count). The highest BCUT2D eigenvalue weighted by atomic mass is 32.2. The maximum Gasteiger partial charge on any atom is 0.315 e. The summed E-state index contributed by atoms with van der Waals surface area (Å²) in [6, 6.07) is 9.07. The minimum atomic E-state index is -3.90. The molecule has 3 aliphatic heterocycles. The molecule has 2 aromatic rings. The third-order valence-electron chi connectivity index (χ3n) is 10.5. The van der Waals surface area contributed by atoms with Gasteiger partial charge in [-0.1, -0.05) is 43.2 Å². The van der Waals surface area contributed by atoms with Gasteiger partial charge in [-0.15, -0.1) is 0 Å². The van der Waals surface area contributed by atoms with Gasteiger partial charge in [0.05, 0.1) is 17.6 Å². The maximum absolute atomic E-state index is 14.4. The predicted octanol–water partition coefficient (Wildman–Crippen LogP) is 1.90. The van der Waals surface area contributed by atoms with Gasteiger partial charge in [0, 0.05) is 30.6 Å². The van der Waals surface area contributed by atoms with Gasteiger partial charge in [0.2, 0.25) is 21.8 Å². The van der Waals surface area contributed by atoms with Gasteiger partial charge < -0.3 is 30.9 Å². The zero-order valence-corrected chi connectivity index (χ0v) is 30.2. The van der Waals surface area contributed by atoms with Crippen LogP contribution in [0.1, 0.15) is 74.7 Å². The number of benzene rings is 1. The summed E-state index contributed by atoms with van der Waals surface area (Å²) in [5.41, 5.74) is -0.0917. The molecule has 5 N–H and O–H groups in total. The van der Waals surface area contributed by atoms with Crippen LogP contribution >= 0.6 is 0 Å². The minimum absolute atomic E-state index is 0.0138. The molecule has 0 radical (unpaired) electrons. The van der Waals surface area contributed by atoms with Crippen molar-refractivity contribution in [2.45, 2.75) is 93.1 Å². The van der Waals surface area contributed by atoms with E-state index in [4.69, 9.17) is 4.74 Å². The summed E-state index contributed by atoms with van der Waals surface area (Å²) >= 11 is 0. The average molecular weight is 748 g/mol. The van der Waals surface area contributed by atoms with Crippen molar-refractivity contribution in [3.63, 3.8) is 0 Å². The molecule has 1 aromatic carbocycles. The number of allylic oxidation sites excluding steroid dienone is 1. The fraction of sp³-hybridized carbons (Fsp3) is 0.514. The van der Waals surface area contributed by atoms with Gasteiger partial charge in [0.25, 0.3) is 11.8 Å². The molecule has 16 heteroatoms. The Morgan fingerprint density at radius 3 is 2.60 bits per heavy atom. The van der Waals surface area contributed by atoms with E-state index in [-0.39, 0.29) is 31.6 Å². The number of pyridine rings is 1. The van der Waals surface area contributed by atoms with E-state index in [1.54, 1.807) is 18.2 Å². The summed E-state index contributed by atoms with van der Waals surface area (Å²) in [4.78, 5) is 75.0. The normalized spacial score (nSPS) is 29.0. The Hall–Kier alpha value is -4.99. The largest absolute Gasteiger partial charge is 0.494 e. The van der Waals surface area contributed by atoms with E-state index in [9.17, 15) is 32.4 Å². The number of urea groups is 1. The fourth-order valence-corrected chi connectivity index (χ4v) is 8.67. The van der Waals surface area contributed by atoms with Gasteiger partial charge in [-0.2, -0.15) is 0 Å². The summed E-state index contributed by atoms with van der Waals surface area (Å²) < 4.78 is 33.7. The molecule has 0 unspecified atom stereocenters. The topological polar surface area (TPSA) is 205 Å². The lowest BCUT2D eigenvalue weighted by Gasteiger charge is -2.30. The summed E-state index contributed by atoms with van der Waals surface area (Å²) in [6.07, 6.45) is 8.60. The van der Waals surface area contributed by atoms with Crippen molar-refractivity contribution in [1.82, 2.24) is 35.9 Å². The predicted molar refractivity (Wildman–Crippen MR) is 193 cm³/mol. The van der Waals surface area contributed by atoms with Crippen LogP contribution in [-0.4, -0.2) is 96.6 Å². The van der Waals surface area contributed by atoms with Crippen molar-refractivity contribution in [2.24, 2.45) is 5.92 Å². The van der Waals surface area contributed by atoms with Gasteiger partial charge in [0.1, 0.15) is 29.1 Å². The van der Waals surface area contributed by atoms with Crippen LogP contribution in [0.5, 0.6) is 5.75 Å². The zero-order valence-electron chi connectivity index (χ0n) is 29.3. The lowest BCUT2D eigenvalue weighted by atomic mass is 10.0. The number of carbonyl (C=O) groups excluding carboxylic acids is 5. The fourth-order valence-electron chi connectivity index (χ4n) is 7.30. The number of nitrogens with one attached hydrogen (secondary N) is 5. The Labute approximate surface area is 308 Å². The lowest BCUT2D eigenvalue weighted by Crippen LogP contribution is -2.58. The van der Waals surface area contributed by atoms with Crippen LogP contribution in [0.4, 0.5) is 4.79 Å². The summed E-state index contributed by atoms with van der Waals surface area (Å²) in [7, 11) is -3.90. The monoisotopic (exact) mass is 747 g/mol. The highest BCUT2D eigenvalue weighted by Gasteiger charge is 2.62. The van der Waals surface area contributed by atoms with Crippen molar-refractivity contribution in [3.05, 3.63) is 60.3 Å². The number of sulfonamides is 1. The van der Waals surface area contributed by atoms with E-state index in [1.165, 1.54) is 4.90 Å². The maximum atomic E-state index is 14.4. The van der Waals surface area contributed by atoms with Crippen molar-refractivity contribution in [1.29, 1.82) is 0 Å². The molecule has 15 nitrogen and oxygen atoms in total. The number of rotatable bonds is 3. The molecule has 7 bridgehead atoms. The molecule has 1 saturated heterocycles. The van der Waals surface area contributed by atoms with Crippen LogP contribution in [0.25, 0.3) is 11.3 Å². The zero-order chi connectivity index (χ0) is 37.2. The highest BCUT2D eigenvalue weighted by molar-refractivity contribution is 7.91. The molecular formula is C37H45N7O8S. The third kappa shape index (κ3) is 8.32. The number of amides is 6. The van der Waals surface area contributed by atoms with E-state index >= 15 is 0 Å². The van der Waals surface area contributed by atoms with E-state index < -0.39 is 74.5 Å². The number of fused-ring (bicyclic) bond motifs is 8. The Bertz CT molecular complexity index is 1920. The molecule has 1 aromatic heterocycles. The van der Waals surface area contributed by atoms with Crippen LogP contribution in [0, 0.1) is 5.92 Å². The Morgan fingerprint density at radius 1 is 0.962 bits per heavy atom. The van der Waals surface area contributed by atoms with E-state index in [0.717, 1.165) is 18.4 Å². The molecule has 2 aliphatic carbocycles. The van der Waals surface area contributed by atoms with Gasteiger partial charge >= 0.3 is 6.03 Å². The number of hydrogen-bond donors (Lipinski definition) is 5. The van der Waals surface area contributed by atoms with Crippen LogP contribution in [0.15, 0.2) is 54.6 Å². The molecular weight excluding hydrogens is 703 g/mol. The second kappa shape index (κ2) is 15.2. The second-order valence-corrected chi connectivity index (χ2v) is 16.5. The molecule has 2 saturated carbocycles. The molecule has 53 heavy (non-hydrogen) atoms. The SMILES string of the molecule is O=C1NCCCOc2cccc(c2)-c2cccc(n2)C(=O)N[C@@H]2C[C@H]3C(=O)N[C@]4(C(=O)NS(=O)(=O)C5CC5)C[C@H]4/C=C\CCCCC[C@H](N1)C(=O)N3C2. The molecule has 0 spiro atoms. The first-order chi connectivity index (χ1) is 25.5. The highest BCUT2D eigenvalue weighted by Crippen LogP contribution is 2.46. The van der Waals surface area contributed by atoms with Crippen molar-refractivity contribution >= 4 is 39.7 Å². The Balaban J connectivity index is 1.19. The van der Waals surface area contributed by atoms with Crippen LogP contribution < -0.4 is 30.7 Å². The van der Waals surface area contributed by atoms with Gasteiger partial charge in [0.15, 0.2) is 0 Å². The molecule has 4 heterocycles. The van der Waals surface area contributed by atoms with Crippen molar-refractivity contribution in [3.8, 4) is 17.0 Å². The minimum Gasteiger partial charge on any atom is -0.494 e. The molecule has 6 amide bonds. The van der Waals surface area contributed by atoms with E-state index in [0.29, 0.717) is 56.6 Å². The molecule has 3 fully saturated rings. The number of hydrogen-bond acceptors (Lipinski definition) is 9. The second-order valence-electron chi connectivity index (χ2n) is 14.5. The quantitative estimate of drug-likeness (QED) is 0.291. The van der Waals surface area contributed by atoms with Crippen LogP contribution in [0.3, 0.4) is 0 Å². The smallest absolute Gasteiger partial charge is 0.315 e. The number of aromatic nitrogens is 1. The van der Waals surface area contributed by atoms with Gasteiger partial charge in [-0.25, -0.2) is 18.2 Å². The number of ether oxygens (including phenoxy) is 1. The van der Waals surface area contributed by atoms with Crippen LogP contribution in [-0.2, 0) is 24.4 Å². The van der Waals surface area contributed by atoms with Crippen molar-refractivity contribution < 1.29 is 37.1 Å². The first kappa shape index (κ1) is 36.4. The standard InChI is InChI=1S/C37H45N7O8S/c45-32-29-14-7-13-28(40-29)23-9-6-11-26(19-23)52-18-8-17-38-36(49)41-30-12-5-3-1-2-4-10-24-21-37(24,35(48)43-53(50,51)27-15-16-27)42-33(46)31-20-25(39-32)22-44(31)34(30)47/h4,6-7,9-11,13-14,19,24-25,27,30-31H,1-3,5,8,12,15-18,20-22H2,(H,39,45)(H,42,46)(H,43,48)(H2,38,41,49)/b10-4-/t24-,25-,30+,31+,37-/m1/s1. The van der Waals surface area contributed by atoms with Gasteiger partial charge in [-0.3, -0.25) is 23.9 Å². The van der Waals surface area contributed by atoms with Gasteiger partial charge in [-0.05, 0) is 75.6 Å². The van der Waals surface area contributed by atoms with E-state index in [1.807, 2.05) is 36.4 Å². The number of nitrogens with zero attached hydrogens (tertiary/aromatic N) is 2. The van der Waals surface area contributed by atoms with Crippen molar-refractivity contribution in [2.75, 3.05) is 19.7 Å². The summed E-state index contributed by atoms with van der Waals surface area (Å²) in [6.45, 7) is 0.558. The first-order valence-corrected chi connectivity index (χ1v) is 20.0. The first-order valence-electron chi connectivity index (χ1n) is 18.4. The number of carbonyl (C=O) groups is 5. The molecule has 282 valence electrons. The molecule has 5 atom stereocenters. The lowest BCUT2D eigenvalue weighted by molar-refractivity contribution is -0.141.